The Morgan fingerprint density at radius 3 is 1.62 bits per heavy atom. The number of aliphatic imine (C=N–C) groups is 1. The predicted octanol–water partition coefficient (Wildman–Crippen LogP) is 15.4. The van der Waals surface area contributed by atoms with E-state index in [4.69, 9.17) is 4.99 Å². The van der Waals surface area contributed by atoms with Crippen LogP contribution in [-0.2, 0) is 0 Å². The first-order valence-corrected chi connectivity index (χ1v) is 20.8. The van der Waals surface area contributed by atoms with E-state index in [1.807, 2.05) is 18.5 Å². The first-order chi connectivity index (χ1) is 29.7. The summed E-state index contributed by atoms with van der Waals surface area (Å²) in [6, 6.07) is 70.5. The quantitative estimate of drug-likeness (QED) is 0.155. The Morgan fingerprint density at radius 1 is 0.350 bits per heavy atom. The second-order valence-electron chi connectivity index (χ2n) is 15.7. The van der Waals surface area contributed by atoms with E-state index in [0.29, 0.717) is 0 Å². The smallest absolute Gasteiger partial charge is 0.0711 e. The van der Waals surface area contributed by atoms with Gasteiger partial charge in [0.15, 0.2) is 0 Å². The van der Waals surface area contributed by atoms with E-state index in [1.165, 1.54) is 76.5 Å². The summed E-state index contributed by atoms with van der Waals surface area (Å²) in [7, 11) is 0. The maximum Gasteiger partial charge on any atom is 0.0711 e. The van der Waals surface area contributed by atoms with Gasteiger partial charge in [-0.3, -0.25) is 9.98 Å². The minimum Gasteiger partial charge on any atom is -0.264 e. The molecule has 0 atom stereocenters. The molecule has 0 saturated heterocycles. The lowest BCUT2D eigenvalue weighted by molar-refractivity contribution is 1.09. The summed E-state index contributed by atoms with van der Waals surface area (Å²) in [6.07, 6.45) is 10.1. The van der Waals surface area contributed by atoms with Gasteiger partial charge in [-0.25, -0.2) is 0 Å². The molecular formula is C58H40N2. The minimum absolute atomic E-state index is 0.811. The summed E-state index contributed by atoms with van der Waals surface area (Å²) < 4.78 is 0. The molecule has 9 aromatic carbocycles. The summed E-state index contributed by atoms with van der Waals surface area (Å²) in [6.45, 7) is 0. The average molecular weight is 765 g/mol. The molecule has 0 fully saturated rings. The molecule has 0 N–H and O–H groups in total. The fourth-order valence-electron chi connectivity index (χ4n) is 8.97. The molecule has 1 aromatic heterocycles. The van der Waals surface area contributed by atoms with Crippen molar-refractivity contribution in [1.29, 1.82) is 0 Å². The van der Waals surface area contributed by atoms with Crippen LogP contribution in [0.3, 0.4) is 0 Å². The Labute approximate surface area is 350 Å². The number of hydrogen-bond donors (Lipinski definition) is 0. The van der Waals surface area contributed by atoms with Crippen LogP contribution in [0.25, 0.3) is 87.7 Å². The van der Waals surface area contributed by atoms with Gasteiger partial charge in [-0.15, -0.1) is 0 Å². The molecule has 0 amide bonds. The maximum absolute atomic E-state index is 5.58. The second-order valence-corrected chi connectivity index (χ2v) is 15.7. The third-order valence-electron chi connectivity index (χ3n) is 12.0. The number of benzene rings is 9. The monoisotopic (exact) mass is 764 g/mol. The molecule has 0 radical (unpaired) electrons. The molecule has 0 unspecified atom stereocenters. The molecule has 0 aliphatic carbocycles. The Balaban J connectivity index is 1.01. The lowest BCUT2D eigenvalue weighted by Crippen LogP contribution is -2.04. The first kappa shape index (κ1) is 35.5. The van der Waals surface area contributed by atoms with Gasteiger partial charge in [-0.05, 0) is 143 Å². The van der Waals surface area contributed by atoms with Crippen LogP contribution >= 0.6 is 0 Å². The molecule has 2 heteroatoms. The van der Waals surface area contributed by atoms with Crippen LogP contribution in [-0.4, -0.2) is 10.7 Å². The van der Waals surface area contributed by atoms with Gasteiger partial charge in [0.2, 0.25) is 0 Å². The maximum atomic E-state index is 5.58. The van der Waals surface area contributed by atoms with Gasteiger partial charge in [0, 0.05) is 29.2 Å². The number of aromatic nitrogens is 1. The van der Waals surface area contributed by atoms with Gasteiger partial charge < -0.3 is 0 Å². The number of allylic oxidation sites excluding steroid dienone is 3. The van der Waals surface area contributed by atoms with Gasteiger partial charge in [-0.2, -0.15) is 0 Å². The van der Waals surface area contributed by atoms with Crippen molar-refractivity contribution < 1.29 is 0 Å². The lowest BCUT2D eigenvalue weighted by atomic mass is 9.91. The molecule has 11 rings (SSSR count). The molecule has 60 heavy (non-hydrogen) atoms. The van der Waals surface area contributed by atoms with E-state index in [0.717, 1.165) is 46.5 Å². The van der Waals surface area contributed by atoms with Crippen molar-refractivity contribution in [1.82, 2.24) is 4.98 Å². The predicted molar refractivity (Wildman–Crippen MR) is 255 cm³/mol. The van der Waals surface area contributed by atoms with Gasteiger partial charge in [-0.1, -0.05) is 164 Å². The zero-order valence-corrected chi connectivity index (χ0v) is 33.1. The third-order valence-corrected chi connectivity index (χ3v) is 12.0. The average Bonchev–Trinajstić information content (AvgIpc) is 3.32. The van der Waals surface area contributed by atoms with Crippen molar-refractivity contribution in [2.45, 2.75) is 12.8 Å². The number of fused-ring (bicyclic) bond motifs is 7. The molecule has 0 bridgehead atoms. The molecule has 10 aromatic rings. The van der Waals surface area contributed by atoms with Gasteiger partial charge in [0.25, 0.3) is 0 Å². The third kappa shape index (κ3) is 6.68. The van der Waals surface area contributed by atoms with Gasteiger partial charge in [0.1, 0.15) is 0 Å². The Hall–Kier alpha value is -7.68. The Bertz CT molecular complexity index is 3330. The summed E-state index contributed by atoms with van der Waals surface area (Å²) in [5, 5.41) is 10.2. The van der Waals surface area contributed by atoms with Gasteiger partial charge in [0.05, 0.1) is 5.70 Å². The fourth-order valence-corrected chi connectivity index (χ4v) is 8.97. The van der Waals surface area contributed by atoms with Crippen molar-refractivity contribution >= 4 is 60.1 Å². The summed E-state index contributed by atoms with van der Waals surface area (Å²) in [5.74, 6) is 0. The second kappa shape index (κ2) is 15.2. The number of pyridine rings is 1. The number of nitrogens with zero attached hydrogens (tertiary/aromatic N) is 2. The topological polar surface area (TPSA) is 25.2 Å². The standard InChI is InChI=1S/C58H40N2/c1-2-13-40-32-46(28-27-39(40)12-1)42-15-7-14-41(33-42)45-18-10-26-57(60-58(37-45)49-20-9-17-44(35-49)50-21-11-31-59-38-50)48-19-8-16-43(34-48)47-29-30-55-53-24-4-3-22-51(53)52-23-5-6-25-54(52)56(55)36-47/h1-9,11-25,27-38H,10,26H2/b45-18+,58-37-,60-57+. The highest BCUT2D eigenvalue weighted by molar-refractivity contribution is 6.25. The van der Waals surface area contributed by atoms with E-state index < -0.39 is 0 Å². The van der Waals surface area contributed by atoms with E-state index in [-0.39, 0.29) is 0 Å². The summed E-state index contributed by atoms with van der Waals surface area (Å²) in [5.41, 5.74) is 13.6. The normalized spacial score (nSPS) is 15.8. The lowest BCUT2D eigenvalue weighted by Gasteiger charge is -2.16. The number of hydrogen-bond acceptors (Lipinski definition) is 2. The van der Waals surface area contributed by atoms with Gasteiger partial charge >= 0.3 is 0 Å². The van der Waals surface area contributed by atoms with Crippen molar-refractivity contribution in [3.05, 3.63) is 235 Å². The highest BCUT2D eigenvalue weighted by Crippen LogP contribution is 2.38. The molecule has 2 heterocycles. The van der Waals surface area contributed by atoms with Crippen molar-refractivity contribution in [2.75, 3.05) is 0 Å². The van der Waals surface area contributed by atoms with Crippen LogP contribution in [0.2, 0.25) is 0 Å². The van der Waals surface area contributed by atoms with Crippen molar-refractivity contribution in [3.63, 3.8) is 0 Å². The summed E-state index contributed by atoms with van der Waals surface area (Å²) in [4.78, 5) is 9.99. The highest BCUT2D eigenvalue weighted by Gasteiger charge is 2.15. The zero-order chi connectivity index (χ0) is 39.8. The molecule has 282 valence electrons. The Kier molecular flexibility index (Phi) is 9.02. The SMILES string of the molecule is C1=C(c2cccc(-c3cccnc3)c2)\N=C(\c2cccc(-c3ccc4c5ccccc5c5ccccc5c4c3)c2)CC\C=C/1c1cccc(-c2ccc3ccccc3c2)c1. The highest BCUT2D eigenvalue weighted by atomic mass is 14.8. The van der Waals surface area contributed by atoms with Crippen LogP contribution in [0, 0.1) is 0 Å². The van der Waals surface area contributed by atoms with Crippen LogP contribution < -0.4 is 0 Å². The molecule has 0 spiro atoms. The van der Waals surface area contributed by atoms with Crippen molar-refractivity contribution in [3.8, 4) is 33.4 Å². The van der Waals surface area contributed by atoms with Crippen molar-refractivity contribution in [2.24, 2.45) is 4.99 Å². The molecule has 1 aliphatic heterocycles. The molecular weight excluding hydrogens is 725 g/mol. The number of rotatable bonds is 6. The van der Waals surface area contributed by atoms with E-state index >= 15 is 0 Å². The van der Waals surface area contributed by atoms with E-state index in [9.17, 15) is 0 Å². The van der Waals surface area contributed by atoms with Crippen LogP contribution in [0.5, 0.6) is 0 Å². The van der Waals surface area contributed by atoms with E-state index in [1.54, 1.807) is 0 Å². The molecule has 1 aliphatic rings. The Morgan fingerprint density at radius 2 is 0.883 bits per heavy atom. The molecule has 0 saturated carbocycles. The first-order valence-electron chi connectivity index (χ1n) is 20.8. The summed E-state index contributed by atoms with van der Waals surface area (Å²) >= 11 is 0. The van der Waals surface area contributed by atoms with Crippen LogP contribution in [0.4, 0.5) is 0 Å². The molecule has 2 nitrogen and oxygen atoms in total. The fraction of sp³-hybridized carbons (Fsp3) is 0.0345. The largest absolute Gasteiger partial charge is 0.264 e. The van der Waals surface area contributed by atoms with Crippen LogP contribution in [0.1, 0.15) is 29.5 Å². The zero-order valence-electron chi connectivity index (χ0n) is 33.1. The minimum atomic E-state index is 0.811. The van der Waals surface area contributed by atoms with Crippen LogP contribution in [0.15, 0.2) is 224 Å². The van der Waals surface area contributed by atoms with E-state index in [2.05, 4.69) is 205 Å².